The molecule has 3 unspecified atom stereocenters. The molecule has 4 atom stereocenters. The maximum atomic E-state index is 13.5. The van der Waals surface area contributed by atoms with Gasteiger partial charge in [0.2, 0.25) is 19.2 Å². The summed E-state index contributed by atoms with van der Waals surface area (Å²) in [5.74, 6) is -3.79. The van der Waals surface area contributed by atoms with E-state index in [1.54, 1.807) is 30.5 Å². The van der Waals surface area contributed by atoms with E-state index in [1.807, 2.05) is 60.7 Å². The average Bonchev–Trinajstić information content (AvgIpc) is 3.42. The fourth-order valence-corrected chi connectivity index (χ4v) is 6.17. The fourth-order valence-electron chi connectivity index (χ4n) is 4.65. The van der Waals surface area contributed by atoms with Gasteiger partial charge in [-0.25, -0.2) is 4.79 Å². The first kappa shape index (κ1) is 32.5. The first-order valence-electron chi connectivity index (χ1n) is 14.2. The molecule has 0 bridgehead atoms. The van der Waals surface area contributed by atoms with Crippen molar-refractivity contribution in [3.8, 4) is 0 Å². The summed E-state index contributed by atoms with van der Waals surface area (Å²) >= 11 is 0. The number of benzene rings is 3. The molecule has 1 aromatic heterocycles. The van der Waals surface area contributed by atoms with E-state index in [-0.39, 0.29) is 26.2 Å². The van der Waals surface area contributed by atoms with Crippen LogP contribution in [-0.4, -0.2) is 52.4 Å². The minimum atomic E-state index is -4.19. The first-order valence-corrected chi connectivity index (χ1v) is 16.1. The number of rotatable bonds is 15. The summed E-state index contributed by atoms with van der Waals surface area (Å²) in [7, 11) is -4.19. The zero-order chi connectivity index (χ0) is 31.5. The van der Waals surface area contributed by atoms with E-state index in [1.165, 1.54) is 6.92 Å². The molecule has 11 nitrogen and oxygen atoms in total. The molecule has 3 aromatic carbocycles. The van der Waals surface area contributed by atoms with Gasteiger partial charge in [-0.1, -0.05) is 78.9 Å². The number of hydrogen-bond acceptors (Lipinski definition) is 6. The normalized spacial score (nSPS) is 14.6. The molecule has 12 heteroatoms. The van der Waals surface area contributed by atoms with Gasteiger partial charge < -0.3 is 35.7 Å². The third-order valence-corrected chi connectivity index (χ3v) is 9.49. The zero-order valence-electron chi connectivity index (χ0n) is 24.3. The van der Waals surface area contributed by atoms with Crippen LogP contribution in [0.25, 0.3) is 10.9 Å². The SMILES string of the molecule is CC(NC(=O)OCc1ccccc1)P(=O)(O)CC(COCc1ccccc1)C(=O)N[C@@H](Cc1c[nH]c2ccccc12)C(N)=O. The summed E-state index contributed by atoms with van der Waals surface area (Å²) in [6, 6.07) is 24.7. The lowest BCUT2D eigenvalue weighted by Crippen LogP contribution is -2.49. The van der Waals surface area contributed by atoms with Crippen LogP contribution in [0.15, 0.2) is 91.1 Å². The number of hydrogen-bond donors (Lipinski definition) is 5. The quantitative estimate of drug-likeness (QED) is 0.125. The van der Waals surface area contributed by atoms with Crippen LogP contribution < -0.4 is 16.4 Å². The number of aromatic amines is 1. The Kier molecular flexibility index (Phi) is 11.3. The van der Waals surface area contributed by atoms with Crippen LogP contribution in [0.1, 0.15) is 23.6 Å². The third kappa shape index (κ3) is 9.28. The number of carbonyl (C=O) groups is 3. The molecule has 4 aromatic rings. The van der Waals surface area contributed by atoms with Gasteiger partial charge in [0.1, 0.15) is 18.4 Å². The number of aromatic nitrogens is 1. The highest BCUT2D eigenvalue weighted by Gasteiger charge is 2.36. The zero-order valence-corrected chi connectivity index (χ0v) is 25.2. The van der Waals surface area contributed by atoms with E-state index in [0.717, 1.165) is 27.6 Å². The molecule has 0 saturated heterocycles. The highest BCUT2D eigenvalue weighted by Crippen LogP contribution is 2.46. The van der Waals surface area contributed by atoms with Crippen molar-refractivity contribution in [2.75, 3.05) is 12.8 Å². The Balaban J connectivity index is 1.43. The molecule has 6 N–H and O–H groups in total. The highest BCUT2D eigenvalue weighted by molar-refractivity contribution is 7.58. The van der Waals surface area contributed by atoms with Crippen LogP contribution in [0.4, 0.5) is 4.79 Å². The Bertz CT molecular complexity index is 1600. The van der Waals surface area contributed by atoms with E-state index < -0.39 is 49.2 Å². The molecule has 0 fully saturated rings. The van der Waals surface area contributed by atoms with Gasteiger partial charge in [-0.2, -0.15) is 0 Å². The summed E-state index contributed by atoms with van der Waals surface area (Å²) in [5.41, 5.74) is 8.92. The lowest BCUT2D eigenvalue weighted by Gasteiger charge is -2.26. The van der Waals surface area contributed by atoms with Crippen molar-refractivity contribution in [1.29, 1.82) is 0 Å². The first-order chi connectivity index (χ1) is 21.1. The van der Waals surface area contributed by atoms with Gasteiger partial charge in [0, 0.05) is 29.7 Å². The maximum absolute atomic E-state index is 13.5. The van der Waals surface area contributed by atoms with Gasteiger partial charge >= 0.3 is 6.09 Å². The molecular weight excluding hydrogens is 583 g/mol. The molecule has 232 valence electrons. The molecule has 44 heavy (non-hydrogen) atoms. The highest BCUT2D eigenvalue weighted by atomic mass is 31.2. The topological polar surface area (TPSA) is 173 Å². The van der Waals surface area contributed by atoms with E-state index in [4.69, 9.17) is 15.2 Å². The van der Waals surface area contributed by atoms with Crippen molar-refractivity contribution in [2.24, 2.45) is 11.7 Å². The number of nitrogens with two attached hydrogens (primary N) is 1. The molecule has 0 spiro atoms. The third-order valence-electron chi connectivity index (χ3n) is 7.19. The minimum Gasteiger partial charge on any atom is -0.445 e. The largest absolute Gasteiger partial charge is 0.445 e. The van der Waals surface area contributed by atoms with Gasteiger partial charge in [0.15, 0.2) is 0 Å². The lowest BCUT2D eigenvalue weighted by molar-refractivity contribution is -0.131. The van der Waals surface area contributed by atoms with Crippen LogP contribution in [0.2, 0.25) is 0 Å². The maximum Gasteiger partial charge on any atom is 0.408 e. The van der Waals surface area contributed by atoms with Crippen molar-refractivity contribution < 1.29 is 33.3 Å². The molecule has 0 aliphatic carbocycles. The van der Waals surface area contributed by atoms with Crippen molar-refractivity contribution >= 4 is 36.2 Å². The predicted molar refractivity (Wildman–Crippen MR) is 167 cm³/mol. The summed E-state index contributed by atoms with van der Waals surface area (Å²) in [6.07, 6.45) is 0.473. The number of primary amides is 1. The number of ether oxygens (including phenoxy) is 2. The van der Waals surface area contributed by atoms with Crippen molar-refractivity contribution in [3.05, 3.63) is 108 Å². The Morgan fingerprint density at radius 2 is 1.52 bits per heavy atom. The summed E-state index contributed by atoms with van der Waals surface area (Å²) in [6.45, 7) is 1.30. The van der Waals surface area contributed by atoms with E-state index in [0.29, 0.717) is 0 Å². The van der Waals surface area contributed by atoms with Crippen LogP contribution in [0.3, 0.4) is 0 Å². The lowest BCUT2D eigenvalue weighted by atomic mass is 10.0. The minimum absolute atomic E-state index is 0.0155. The number of fused-ring (bicyclic) bond motifs is 1. The number of para-hydroxylation sites is 1. The van der Waals surface area contributed by atoms with Gasteiger partial charge in [-0.15, -0.1) is 0 Å². The van der Waals surface area contributed by atoms with Crippen LogP contribution in [0.5, 0.6) is 0 Å². The van der Waals surface area contributed by atoms with Crippen molar-refractivity contribution in [1.82, 2.24) is 15.6 Å². The standard InChI is InChI=1S/C32H37N4O7P/c1-22(35-32(39)43-19-24-12-6-3-7-13-24)44(40,41)21-26(20-42-18-23-10-4-2-5-11-23)31(38)36-29(30(33)37)16-25-17-34-28-15-9-8-14-27(25)28/h2-15,17,22,26,29,34H,16,18-21H2,1H3,(H2,33,37)(H,35,39)(H,36,38)(H,40,41)/t22?,26?,29-/m0/s1. The Labute approximate surface area is 255 Å². The fraction of sp³-hybridized carbons (Fsp3) is 0.281. The molecule has 0 saturated carbocycles. The summed E-state index contributed by atoms with van der Waals surface area (Å²) in [4.78, 5) is 52.4. The number of alkyl carbamates (subject to hydrolysis) is 1. The Hall–Kier alpha value is -4.44. The van der Waals surface area contributed by atoms with Crippen molar-refractivity contribution in [2.45, 2.75) is 38.4 Å². The smallest absolute Gasteiger partial charge is 0.408 e. The number of nitrogens with one attached hydrogen (secondary N) is 3. The molecule has 0 radical (unpaired) electrons. The summed E-state index contributed by atoms with van der Waals surface area (Å²) in [5, 5.41) is 5.94. The van der Waals surface area contributed by atoms with Gasteiger partial charge in [-0.3, -0.25) is 14.2 Å². The van der Waals surface area contributed by atoms with E-state index in [2.05, 4.69) is 15.6 Å². The Morgan fingerprint density at radius 1 is 0.909 bits per heavy atom. The molecule has 4 rings (SSSR count). The van der Waals surface area contributed by atoms with Gasteiger partial charge in [0.25, 0.3) is 0 Å². The average molecular weight is 621 g/mol. The predicted octanol–water partition coefficient (Wildman–Crippen LogP) is 4.06. The van der Waals surface area contributed by atoms with Gasteiger partial charge in [0.05, 0.1) is 19.1 Å². The molecule has 3 amide bonds. The van der Waals surface area contributed by atoms with E-state index >= 15 is 0 Å². The number of H-pyrrole nitrogens is 1. The van der Waals surface area contributed by atoms with Gasteiger partial charge in [-0.05, 0) is 29.7 Å². The second-order valence-electron chi connectivity index (χ2n) is 10.5. The summed E-state index contributed by atoms with van der Waals surface area (Å²) < 4.78 is 24.4. The number of amides is 3. The van der Waals surface area contributed by atoms with Crippen LogP contribution >= 0.6 is 7.37 Å². The van der Waals surface area contributed by atoms with E-state index in [9.17, 15) is 23.8 Å². The molecule has 1 heterocycles. The second-order valence-corrected chi connectivity index (χ2v) is 13.2. The number of carbonyl (C=O) groups excluding carboxylic acids is 3. The monoisotopic (exact) mass is 620 g/mol. The molecular formula is C32H37N4O7P. The van der Waals surface area contributed by atoms with Crippen LogP contribution in [-0.2, 0) is 43.3 Å². The Morgan fingerprint density at radius 3 is 2.18 bits per heavy atom. The molecule has 0 aliphatic heterocycles. The van der Waals surface area contributed by atoms with Crippen LogP contribution in [0, 0.1) is 5.92 Å². The molecule has 0 aliphatic rings. The van der Waals surface area contributed by atoms with Crippen molar-refractivity contribution in [3.63, 3.8) is 0 Å². The second kappa shape index (κ2) is 15.3.